The molecule has 2 nitrogen and oxygen atoms in total. The molecule has 0 aromatic carbocycles. The molecule has 2 rings (SSSR count). The Balaban J connectivity index is 1.94. The first-order valence-electron chi connectivity index (χ1n) is 8.29. The fourth-order valence-corrected chi connectivity index (χ4v) is 4.29. The first-order chi connectivity index (χ1) is 9.69. The standard InChI is InChI=1S/C17H30N2S/c1-4-5-14-6-7-15(10-19-13(2)3)16(8-14)9-17-11-18-12-20-17/h11-16,19H,4-10H2,1-3H3. The van der Waals surface area contributed by atoms with Crippen molar-refractivity contribution in [1.29, 1.82) is 0 Å². The van der Waals surface area contributed by atoms with Crippen LogP contribution in [-0.4, -0.2) is 17.6 Å². The molecular weight excluding hydrogens is 264 g/mol. The van der Waals surface area contributed by atoms with Crippen LogP contribution in [0.3, 0.4) is 0 Å². The van der Waals surface area contributed by atoms with Crippen molar-refractivity contribution < 1.29 is 0 Å². The number of nitrogens with one attached hydrogen (secondary N) is 1. The lowest BCUT2D eigenvalue weighted by Crippen LogP contribution is -2.36. The molecule has 0 saturated heterocycles. The van der Waals surface area contributed by atoms with Crippen LogP contribution >= 0.6 is 11.3 Å². The number of nitrogens with zero attached hydrogens (tertiary/aromatic N) is 1. The summed E-state index contributed by atoms with van der Waals surface area (Å²) in [5, 5.41) is 3.66. The summed E-state index contributed by atoms with van der Waals surface area (Å²) in [6.07, 6.45) is 10.4. The number of thiazole rings is 1. The molecule has 1 fully saturated rings. The predicted molar refractivity (Wildman–Crippen MR) is 88.2 cm³/mol. The minimum Gasteiger partial charge on any atom is -0.314 e. The van der Waals surface area contributed by atoms with E-state index in [0.717, 1.165) is 17.8 Å². The maximum absolute atomic E-state index is 4.25. The van der Waals surface area contributed by atoms with Gasteiger partial charge in [-0.2, -0.15) is 0 Å². The molecule has 3 atom stereocenters. The lowest BCUT2D eigenvalue weighted by atomic mass is 9.71. The number of rotatable bonds is 7. The number of hydrogen-bond donors (Lipinski definition) is 1. The average molecular weight is 295 g/mol. The normalized spacial score (nSPS) is 27.1. The van der Waals surface area contributed by atoms with Crippen molar-refractivity contribution in [3.05, 3.63) is 16.6 Å². The van der Waals surface area contributed by atoms with E-state index in [-0.39, 0.29) is 0 Å². The van der Waals surface area contributed by atoms with Crippen LogP contribution in [0, 0.1) is 17.8 Å². The van der Waals surface area contributed by atoms with E-state index in [9.17, 15) is 0 Å². The van der Waals surface area contributed by atoms with Crippen LogP contribution in [-0.2, 0) is 6.42 Å². The molecule has 1 aromatic rings. The van der Waals surface area contributed by atoms with Crippen LogP contribution in [0.5, 0.6) is 0 Å². The van der Waals surface area contributed by atoms with Gasteiger partial charge in [-0.1, -0.05) is 40.0 Å². The Morgan fingerprint density at radius 1 is 1.35 bits per heavy atom. The minimum atomic E-state index is 0.604. The molecular formula is C17H30N2S. The summed E-state index contributed by atoms with van der Waals surface area (Å²) in [7, 11) is 0. The zero-order chi connectivity index (χ0) is 14.4. The van der Waals surface area contributed by atoms with E-state index in [2.05, 4.69) is 37.3 Å². The second-order valence-corrected chi connectivity index (χ2v) is 7.69. The van der Waals surface area contributed by atoms with Gasteiger partial charge in [0.2, 0.25) is 0 Å². The lowest BCUT2D eigenvalue weighted by molar-refractivity contribution is 0.166. The summed E-state index contributed by atoms with van der Waals surface area (Å²) in [6.45, 7) is 8.02. The third-order valence-corrected chi connectivity index (χ3v) is 5.48. The number of aromatic nitrogens is 1. The minimum absolute atomic E-state index is 0.604. The molecule has 114 valence electrons. The molecule has 1 heterocycles. The monoisotopic (exact) mass is 294 g/mol. The highest BCUT2D eigenvalue weighted by Crippen LogP contribution is 2.38. The molecule has 1 aliphatic carbocycles. The van der Waals surface area contributed by atoms with Gasteiger partial charge in [0.15, 0.2) is 0 Å². The van der Waals surface area contributed by atoms with E-state index >= 15 is 0 Å². The molecule has 0 aliphatic heterocycles. The van der Waals surface area contributed by atoms with Crippen molar-refractivity contribution in [2.45, 2.75) is 65.3 Å². The van der Waals surface area contributed by atoms with Crippen molar-refractivity contribution in [3.63, 3.8) is 0 Å². The third kappa shape index (κ3) is 4.85. The first kappa shape index (κ1) is 16.0. The maximum Gasteiger partial charge on any atom is 0.0794 e. The summed E-state index contributed by atoms with van der Waals surface area (Å²) < 4.78 is 0. The highest BCUT2D eigenvalue weighted by atomic mass is 32.1. The van der Waals surface area contributed by atoms with Gasteiger partial charge in [-0.25, -0.2) is 0 Å². The first-order valence-corrected chi connectivity index (χ1v) is 9.17. The third-order valence-electron chi connectivity index (χ3n) is 4.68. The molecule has 3 heteroatoms. The Morgan fingerprint density at radius 2 is 2.20 bits per heavy atom. The molecule has 3 unspecified atom stereocenters. The average Bonchev–Trinajstić information content (AvgIpc) is 2.91. The van der Waals surface area contributed by atoms with E-state index in [1.165, 1.54) is 49.9 Å². The Kier molecular flexibility index (Phi) is 6.50. The van der Waals surface area contributed by atoms with Crippen LogP contribution in [0.4, 0.5) is 0 Å². The molecule has 1 aromatic heterocycles. The Morgan fingerprint density at radius 3 is 2.85 bits per heavy atom. The van der Waals surface area contributed by atoms with Crippen LogP contribution in [0.15, 0.2) is 11.7 Å². The van der Waals surface area contributed by atoms with Gasteiger partial charge < -0.3 is 5.32 Å². The van der Waals surface area contributed by atoms with Gasteiger partial charge in [0, 0.05) is 17.1 Å². The van der Waals surface area contributed by atoms with E-state index in [4.69, 9.17) is 0 Å². The molecule has 1 saturated carbocycles. The van der Waals surface area contributed by atoms with Gasteiger partial charge in [-0.15, -0.1) is 11.3 Å². The molecule has 0 bridgehead atoms. The van der Waals surface area contributed by atoms with Crippen LogP contribution in [0.25, 0.3) is 0 Å². The van der Waals surface area contributed by atoms with E-state index in [1.54, 1.807) is 0 Å². The quantitative estimate of drug-likeness (QED) is 0.800. The van der Waals surface area contributed by atoms with Crippen molar-refractivity contribution in [3.8, 4) is 0 Å². The van der Waals surface area contributed by atoms with Gasteiger partial charge in [-0.05, 0) is 43.6 Å². The Labute approximate surface area is 128 Å². The van der Waals surface area contributed by atoms with Crippen molar-refractivity contribution in [1.82, 2.24) is 10.3 Å². The molecule has 0 radical (unpaired) electrons. The highest BCUT2D eigenvalue weighted by Gasteiger charge is 2.30. The lowest BCUT2D eigenvalue weighted by Gasteiger charge is -2.36. The summed E-state index contributed by atoms with van der Waals surface area (Å²) in [5.74, 6) is 2.67. The Hall–Kier alpha value is -0.410. The van der Waals surface area contributed by atoms with Gasteiger partial charge in [0.05, 0.1) is 5.51 Å². The summed E-state index contributed by atoms with van der Waals surface area (Å²) in [6, 6.07) is 0.604. The van der Waals surface area contributed by atoms with Gasteiger partial charge in [0.25, 0.3) is 0 Å². The van der Waals surface area contributed by atoms with E-state index < -0.39 is 0 Å². The van der Waals surface area contributed by atoms with Crippen molar-refractivity contribution in [2.24, 2.45) is 17.8 Å². The van der Waals surface area contributed by atoms with Crippen molar-refractivity contribution in [2.75, 3.05) is 6.54 Å². The molecule has 1 N–H and O–H groups in total. The summed E-state index contributed by atoms with van der Waals surface area (Å²) in [5.41, 5.74) is 1.98. The highest BCUT2D eigenvalue weighted by molar-refractivity contribution is 7.09. The SMILES string of the molecule is CCCC1CCC(CNC(C)C)C(Cc2cncs2)C1. The zero-order valence-corrected chi connectivity index (χ0v) is 14.1. The fourth-order valence-electron chi connectivity index (χ4n) is 3.60. The predicted octanol–water partition coefficient (Wildman–Crippen LogP) is 4.52. The van der Waals surface area contributed by atoms with Crippen LogP contribution in [0.2, 0.25) is 0 Å². The van der Waals surface area contributed by atoms with E-state index in [0.29, 0.717) is 6.04 Å². The largest absolute Gasteiger partial charge is 0.314 e. The maximum atomic E-state index is 4.25. The number of hydrogen-bond acceptors (Lipinski definition) is 3. The van der Waals surface area contributed by atoms with Gasteiger partial charge in [0.1, 0.15) is 0 Å². The summed E-state index contributed by atoms with van der Waals surface area (Å²) >= 11 is 1.83. The zero-order valence-electron chi connectivity index (χ0n) is 13.3. The topological polar surface area (TPSA) is 24.9 Å². The fraction of sp³-hybridized carbons (Fsp3) is 0.824. The molecule has 1 aliphatic rings. The van der Waals surface area contributed by atoms with E-state index in [1.807, 2.05) is 16.8 Å². The Bertz CT molecular complexity index is 361. The molecule has 0 amide bonds. The molecule has 0 spiro atoms. The second kappa shape index (κ2) is 8.14. The summed E-state index contributed by atoms with van der Waals surface area (Å²) in [4.78, 5) is 5.72. The van der Waals surface area contributed by atoms with Crippen LogP contribution < -0.4 is 5.32 Å². The smallest absolute Gasteiger partial charge is 0.0794 e. The van der Waals surface area contributed by atoms with Crippen LogP contribution in [0.1, 0.15) is 57.8 Å². The second-order valence-electron chi connectivity index (χ2n) is 6.72. The molecule has 20 heavy (non-hydrogen) atoms. The van der Waals surface area contributed by atoms with Gasteiger partial charge >= 0.3 is 0 Å². The van der Waals surface area contributed by atoms with Gasteiger partial charge in [-0.3, -0.25) is 4.98 Å². The van der Waals surface area contributed by atoms with Crippen molar-refractivity contribution >= 4 is 11.3 Å².